The lowest BCUT2D eigenvalue weighted by molar-refractivity contribution is -0.147. The van der Waals surface area contributed by atoms with E-state index in [2.05, 4.69) is 10.6 Å². The fraction of sp³-hybridized carbons (Fsp3) is 0.667. The van der Waals surface area contributed by atoms with Crippen molar-refractivity contribution >= 4 is 23.8 Å². The van der Waals surface area contributed by atoms with Gasteiger partial charge in [0.25, 0.3) is 0 Å². The van der Waals surface area contributed by atoms with Crippen LogP contribution in [0.1, 0.15) is 33.6 Å². The largest absolute Gasteiger partial charge is 0.481 e. The summed E-state index contributed by atoms with van der Waals surface area (Å²) in [6.45, 7) is 4.93. The van der Waals surface area contributed by atoms with Gasteiger partial charge in [0.2, 0.25) is 11.8 Å². The molecule has 0 radical (unpaired) electrons. The van der Waals surface area contributed by atoms with Gasteiger partial charge in [0.1, 0.15) is 12.1 Å². The van der Waals surface area contributed by atoms with Crippen molar-refractivity contribution < 1.29 is 29.4 Å². The molecule has 0 saturated heterocycles. The standard InChI is InChI=1S/C12H20N2O6/c1-6(2)4-8(13-7(3)15)11(18)14-9(12(19)20)5-10(16)17/h6,8-9H,4-5H2,1-3H3,(H,13,15)(H,14,18)(H,16,17)(H,19,20). The normalized spacial score (nSPS) is 13.4. The molecule has 0 rings (SSSR count). The first-order chi connectivity index (χ1) is 9.13. The summed E-state index contributed by atoms with van der Waals surface area (Å²) in [6, 6.07) is -2.41. The molecule has 4 N–H and O–H groups in total. The number of carboxylic acid groups (broad SMARTS) is 2. The fourth-order valence-electron chi connectivity index (χ4n) is 1.60. The van der Waals surface area contributed by atoms with Crippen molar-refractivity contribution in [3.05, 3.63) is 0 Å². The summed E-state index contributed by atoms with van der Waals surface area (Å²) < 4.78 is 0. The Balaban J connectivity index is 4.81. The Morgan fingerprint density at radius 3 is 1.90 bits per heavy atom. The summed E-state index contributed by atoms with van der Waals surface area (Å²) in [6.07, 6.45) is -0.402. The molecule has 20 heavy (non-hydrogen) atoms. The first kappa shape index (κ1) is 17.9. The number of hydrogen-bond acceptors (Lipinski definition) is 4. The minimum atomic E-state index is -1.52. The number of nitrogens with one attached hydrogen (secondary N) is 2. The van der Waals surface area contributed by atoms with Crippen LogP contribution >= 0.6 is 0 Å². The number of hydrogen-bond donors (Lipinski definition) is 4. The quantitative estimate of drug-likeness (QED) is 0.479. The Morgan fingerprint density at radius 2 is 1.55 bits per heavy atom. The maximum absolute atomic E-state index is 11.9. The molecule has 0 saturated carbocycles. The van der Waals surface area contributed by atoms with Gasteiger partial charge in [-0.3, -0.25) is 14.4 Å². The first-order valence-corrected chi connectivity index (χ1v) is 6.15. The van der Waals surface area contributed by atoms with Crippen molar-refractivity contribution in [3.8, 4) is 0 Å². The van der Waals surface area contributed by atoms with Crippen molar-refractivity contribution in [2.75, 3.05) is 0 Å². The van der Waals surface area contributed by atoms with Gasteiger partial charge in [-0.15, -0.1) is 0 Å². The topological polar surface area (TPSA) is 133 Å². The van der Waals surface area contributed by atoms with E-state index in [1.807, 2.05) is 13.8 Å². The minimum absolute atomic E-state index is 0.0975. The lowest BCUT2D eigenvalue weighted by Gasteiger charge is -2.21. The van der Waals surface area contributed by atoms with Gasteiger partial charge in [0, 0.05) is 6.92 Å². The zero-order valence-corrected chi connectivity index (χ0v) is 11.7. The smallest absolute Gasteiger partial charge is 0.326 e. The molecular weight excluding hydrogens is 268 g/mol. The fourth-order valence-corrected chi connectivity index (χ4v) is 1.60. The van der Waals surface area contributed by atoms with Gasteiger partial charge < -0.3 is 20.8 Å². The first-order valence-electron chi connectivity index (χ1n) is 6.15. The van der Waals surface area contributed by atoms with Crippen LogP contribution in [0.15, 0.2) is 0 Å². The number of aliphatic carboxylic acids is 2. The molecule has 8 heteroatoms. The molecule has 8 nitrogen and oxygen atoms in total. The third-order valence-electron chi connectivity index (χ3n) is 2.39. The van der Waals surface area contributed by atoms with E-state index >= 15 is 0 Å². The van der Waals surface area contributed by atoms with Crippen molar-refractivity contribution in [2.24, 2.45) is 5.92 Å². The van der Waals surface area contributed by atoms with E-state index in [1.165, 1.54) is 6.92 Å². The highest BCUT2D eigenvalue weighted by molar-refractivity contribution is 5.91. The van der Waals surface area contributed by atoms with Gasteiger partial charge >= 0.3 is 11.9 Å². The molecule has 2 amide bonds. The van der Waals surface area contributed by atoms with Crippen LogP contribution < -0.4 is 10.6 Å². The van der Waals surface area contributed by atoms with Crippen molar-refractivity contribution in [3.63, 3.8) is 0 Å². The number of carbonyl (C=O) groups excluding carboxylic acids is 2. The van der Waals surface area contributed by atoms with E-state index in [9.17, 15) is 19.2 Å². The maximum atomic E-state index is 11.9. The predicted molar refractivity (Wildman–Crippen MR) is 68.9 cm³/mol. The van der Waals surface area contributed by atoms with Crippen molar-refractivity contribution in [1.29, 1.82) is 0 Å². The SMILES string of the molecule is CC(=O)NC(CC(C)C)C(=O)NC(CC(=O)O)C(=O)O. The van der Waals surface area contributed by atoms with Crippen molar-refractivity contribution in [1.82, 2.24) is 10.6 Å². The highest BCUT2D eigenvalue weighted by Crippen LogP contribution is 2.06. The predicted octanol–water partition coefficient (Wildman–Crippen LogP) is -0.419. The molecule has 0 heterocycles. The van der Waals surface area contributed by atoms with Gasteiger partial charge in [-0.25, -0.2) is 4.79 Å². The molecule has 0 aromatic carbocycles. The van der Waals surface area contributed by atoms with Crippen LogP contribution in [0.3, 0.4) is 0 Å². The highest BCUT2D eigenvalue weighted by Gasteiger charge is 2.27. The van der Waals surface area contributed by atoms with E-state index in [1.54, 1.807) is 0 Å². The van der Waals surface area contributed by atoms with Crippen LogP contribution in [0.25, 0.3) is 0 Å². The molecule has 0 aliphatic rings. The zero-order chi connectivity index (χ0) is 15.9. The van der Waals surface area contributed by atoms with E-state index in [4.69, 9.17) is 10.2 Å². The molecule has 0 spiro atoms. The molecule has 0 fully saturated rings. The van der Waals surface area contributed by atoms with Gasteiger partial charge in [0.15, 0.2) is 0 Å². The van der Waals surface area contributed by atoms with Gasteiger partial charge in [-0.1, -0.05) is 13.8 Å². The molecular formula is C12H20N2O6. The molecule has 0 aliphatic carbocycles. The van der Waals surface area contributed by atoms with E-state index in [-0.39, 0.29) is 5.92 Å². The zero-order valence-electron chi connectivity index (χ0n) is 11.7. The van der Waals surface area contributed by atoms with Crippen LogP contribution in [-0.2, 0) is 19.2 Å². The Hall–Kier alpha value is -2.12. The Kier molecular flexibility index (Phi) is 7.27. The number of carbonyl (C=O) groups is 4. The number of carboxylic acids is 2. The second-order valence-electron chi connectivity index (χ2n) is 4.88. The second-order valence-corrected chi connectivity index (χ2v) is 4.88. The monoisotopic (exact) mass is 288 g/mol. The second kappa shape index (κ2) is 8.13. The molecule has 0 bridgehead atoms. The molecule has 2 atom stereocenters. The molecule has 2 unspecified atom stereocenters. The highest BCUT2D eigenvalue weighted by atomic mass is 16.4. The lowest BCUT2D eigenvalue weighted by atomic mass is 10.0. The van der Waals surface area contributed by atoms with E-state index in [0.29, 0.717) is 6.42 Å². The molecule has 114 valence electrons. The van der Waals surface area contributed by atoms with Crippen LogP contribution in [0.5, 0.6) is 0 Å². The van der Waals surface area contributed by atoms with Gasteiger partial charge in [-0.05, 0) is 12.3 Å². The average molecular weight is 288 g/mol. The average Bonchev–Trinajstić information content (AvgIpc) is 2.24. The molecule has 0 aromatic rings. The number of amides is 2. The maximum Gasteiger partial charge on any atom is 0.326 e. The summed E-state index contributed by atoms with van der Waals surface area (Å²) in [4.78, 5) is 44.4. The van der Waals surface area contributed by atoms with E-state index in [0.717, 1.165) is 0 Å². The van der Waals surface area contributed by atoms with Crippen LogP contribution in [-0.4, -0.2) is 46.0 Å². The summed E-state index contributed by atoms with van der Waals surface area (Å²) in [7, 11) is 0. The third kappa shape index (κ3) is 7.34. The summed E-state index contributed by atoms with van der Waals surface area (Å²) in [5.74, 6) is -3.80. The Labute approximate surface area is 116 Å². The van der Waals surface area contributed by atoms with Crippen LogP contribution in [0, 0.1) is 5.92 Å². The Morgan fingerprint density at radius 1 is 1.00 bits per heavy atom. The third-order valence-corrected chi connectivity index (χ3v) is 2.39. The lowest BCUT2D eigenvalue weighted by Crippen LogP contribution is -2.52. The van der Waals surface area contributed by atoms with Crippen LogP contribution in [0.2, 0.25) is 0 Å². The van der Waals surface area contributed by atoms with Crippen molar-refractivity contribution in [2.45, 2.75) is 45.7 Å². The van der Waals surface area contributed by atoms with Gasteiger partial charge in [-0.2, -0.15) is 0 Å². The summed E-state index contributed by atoms with van der Waals surface area (Å²) in [5, 5.41) is 22.0. The summed E-state index contributed by atoms with van der Waals surface area (Å²) in [5.41, 5.74) is 0. The minimum Gasteiger partial charge on any atom is -0.481 e. The summed E-state index contributed by atoms with van der Waals surface area (Å²) >= 11 is 0. The molecule has 0 aromatic heterocycles. The van der Waals surface area contributed by atoms with E-state index < -0.39 is 42.3 Å². The number of rotatable bonds is 8. The Bertz CT molecular complexity index is 393. The van der Waals surface area contributed by atoms with Crippen LogP contribution in [0.4, 0.5) is 0 Å². The van der Waals surface area contributed by atoms with Gasteiger partial charge in [0.05, 0.1) is 6.42 Å². The molecule has 0 aliphatic heterocycles.